The molecule has 0 fully saturated rings. The number of aromatic nitrogens is 1. The summed E-state index contributed by atoms with van der Waals surface area (Å²) in [7, 11) is 0. The first kappa shape index (κ1) is 12.7. The minimum absolute atomic E-state index is 0. The van der Waals surface area contributed by atoms with Gasteiger partial charge in [-0.25, -0.2) is 0 Å². The van der Waals surface area contributed by atoms with E-state index in [1.165, 1.54) is 12.4 Å². The maximum atomic E-state index is 10.9. The van der Waals surface area contributed by atoms with Crippen LogP contribution in [0.2, 0.25) is 0 Å². The summed E-state index contributed by atoms with van der Waals surface area (Å²) in [6.45, 7) is 0. The van der Waals surface area contributed by atoms with Crippen molar-refractivity contribution in [3.8, 4) is 0 Å². The smallest absolute Gasteiger partial charge is 0.550 e. The summed E-state index contributed by atoms with van der Waals surface area (Å²) in [5, 5.41) is 12.4. The third-order valence-electron chi connectivity index (χ3n) is 1.27. The molecular formula is C8H7LiN2O3. The molecule has 0 aliphatic heterocycles. The number of amides is 1. The number of hydrogen-bond acceptors (Lipinski definition) is 4. The number of rotatable bonds is 3. The Hall–Kier alpha value is -1.31. The molecule has 0 bridgehead atoms. The van der Waals surface area contributed by atoms with E-state index in [-0.39, 0.29) is 18.9 Å². The molecule has 14 heavy (non-hydrogen) atoms. The normalized spacial score (nSPS) is 8.57. The van der Waals surface area contributed by atoms with Gasteiger partial charge in [0, 0.05) is 18.1 Å². The van der Waals surface area contributed by atoms with Crippen LogP contribution in [0.1, 0.15) is 6.42 Å². The van der Waals surface area contributed by atoms with E-state index < -0.39 is 18.3 Å². The Kier molecular flexibility index (Phi) is 5.61. The molecule has 0 spiro atoms. The van der Waals surface area contributed by atoms with Gasteiger partial charge in [0.2, 0.25) is 5.91 Å². The minimum atomic E-state index is -1.40. The fraction of sp³-hybridized carbons (Fsp3) is 0.125. The maximum absolute atomic E-state index is 10.9. The Morgan fingerprint density at radius 2 is 1.93 bits per heavy atom. The molecule has 0 aliphatic rings. The monoisotopic (exact) mass is 186 g/mol. The second kappa shape index (κ2) is 6.19. The van der Waals surface area contributed by atoms with Gasteiger partial charge < -0.3 is 15.2 Å². The number of carbonyl (C=O) groups is 2. The zero-order valence-corrected chi connectivity index (χ0v) is 7.69. The number of nitrogens with one attached hydrogen (secondary N) is 1. The summed E-state index contributed by atoms with van der Waals surface area (Å²) in [6.07, 6.45) is 2.35. The average Bonchev–Trinajstić information content (AvgIpc) is 2.04. The number of anilines is 1. The number of aliphatic carboxylic acids is 1. The van der Waals surface area contributed by atoms with Crippen molar-refractivity contribution in [3.05, 3.63) is 24.5 Å². The SMILES string of the molecule is O=C([O-])CC(=O)Nc1ccncc1.[Li+]. The van der Waals surface area contributed by atoms with Crippen molar-refractivity contribution < 1.29 is 33.6 Å². The molecule has 1 aromatic rings. The summed E-state index contributed by atoms with van der Waals surface area (Å²) in [5.41, 5.74) is 0.515. The van der Waals surface area contributed by atoms with Crippen LogP contribution >= 0.6 is 0 Å². The predicted octanol–water partition coefficient (Wildman–Crippen LogP) is -3.84. The molecule has 1 heterocycles. The molecule has 0 saturated heterocycles. The standard InChI is InChI=1S/C8H8N2O3.Li/c11-7(5-8(12)13)10-6-1-3-9-4-2-6;/h1-4H,5H2,(H,12,13)(H,9,10,11);/q;+1/p-1. The maximum Gasteiger partial charge on any atom is 1.00 e. The predicted molar refractivity (Wildman–Crippen MR) is 42.5 cm³/mol. The number of carbonyl (C=O) groups excluding carboxylic acids is 2. The van der Waals surface area contributed by atoms with Crippen molar-refractivity contribution in [1.82, 2.24) is 4.98 Å². The zero-order chi connectivity index (χ0) is 9.68. The molecule has 5 nitrogen and oxygen atoms in total. The second-order valence-electron chi connectivity index (χ2n) is 2.33. The summed E-state index contributed by atoms with van der Waals surface area (Å²) in [5.74, 6) is -2.00. The number of carboxylic acid groups (broad SMARTS) is 1. The largest absolute Gasteiger partial charge is 1.00 e. The first-order valence-electron chi connectivity index (χ1n) is 3.58. The summed E-state index contributed by atoms with van der Waals surface area (Å²) in [6, 6.07) is 3.13. The van der Waals surface area contributed by atoms with Gasteiger partial charge in [0.15, 0.2) is 0 Å². The molecule has 1 amide bonds. The van der Waals surface area contributed by atoms with Gasteiger partial charge in [-0.2, -0.15) is 0 Å². The van der Waals surface area contributed by atoms with Gasteiger partial charge in [0.05, 0.1) is 12.4 Å². The van der Waals surface area contributed by atoms with Crippen molar-refractivity contribution in [2.24, 2.45) is 0 Å². The van der Waals surface area contributed by atoms with Crippen LogP contribution in [0.4, 0.5) is 5.69 Å². The Morgan fingerprint density at radius 3 is 2.43 bits per heavy atom. The Labute approximate surface area is 92.7 Å². The third kappa shape index (κ3) is 4.65. The molecule has 0 saturated carbocycles. The summed E-state index contributed by atoms with van der Waals surface area (Å²) < 4.78 is 0. The van der Waals surface area contributed by atoms with Crippen LogP contribution in [0.5, 0.6) is 0 Å². The molecule has 0 atom stereocenters. The first-order chi connectivity index (χ1) is 6.18. The number of hydrogen-bond donors (Lipinski definition) is 1. The topological polar surface area (TPSA) is 82.1 Å². The van der Waals surface area contributed by atoms with E-state index in [2.05, 4.69) is 10.3 Å². The van der Waals surface area contributed by atoms with Crippen LogP contribution in [0, 0.1) is 0 Å². The molecule has 0 unspecified atom stereocenters. The Morgan fingerprint density at radius 1 is 1.36 bits per heavy atom. The zero-order valence-electron chi connectivity index (χ0n) is 7.69. The van der Waals surface area contributed by atoms with Gasteiger partial charge in [-0.05, 0) is 12.1 Å². The van der Waals surface area contributed by atoms with Gasteiger partial charge in [-0.3, -0.25) is 9.78 Å². The van der Waals surface area contributed by atoms with Crippen molar-refractivity contribution in [1.29, 1.82) is 0 Å². The van der Waals surface area contributed by atoms with Crippen LogP contribution in [0.25, 0.3) is 0 Å². The molecule has 0 radical (unpaired) electrons. The Balaban J connectivity index is 0.00000169. The van der Waals surface area contributed by atoms with Gasteiger partial charge in [0.1, 0.15) is 0 Å². The third-order valence-corrected chi connectivity index (χ3v) is 1.27. The van der Waals surface area contributed by atoms with Crippen LogP contribution in [-0.4, -0.2) is 16.9 Å². The van der Waals surface area contributed by atoms with Gasteiger partial charge in [-0.1, -0.05) is 0 Å². The van der Waals surface area contributed by atoms with E-state index in [0.29, 0.717) is 5.69 Å². The fourth-order valence-corrected chi connectivity index (χ4v) is 0.772. The van der Waals surface area contributed by atoms with Gasteiger partial charge in [0.25, 0.3) is 0 Å². The van der Waals surface area contributed by atoms with Crippen LogP contribution in [0.15, 0.2) is 24.5 Å². The molecule has 1 aromatic heterocycles. The number of nitrogens with zero attached hydrogens (tertiary/aromatic N) is 1. The van der Waals surface area contributed by atoms with Crippen molar-refractivity contribution in [2.45, 2.75) is 6.42 Å². The number of pyridine rings is 1. The summed E-state index contributed by atoms with van der Waals surface area (Å²) >= 11 is 0. The number of carboxylic acids is 1. The molecule has 6 heteroatoms. The van der Waals surface area contributed by atoms with E-state index in [0.717, 1.165) is 0 Å². The van der Waals surface area contributed by atoms with Crippen LogP contribution < -0.4 is 29.3 Å². The van der Waals surface area contributed by atoms with E-state index in [4.69, 9.17) is 0 Å². The van der Waals surface area contributed by atoms with E-state index in [1.807, 2.05) is 0 Å². The quantitative estimate of drug-likeness (QED) is 0.387. The van der Waals surface area contributed by atoms with Crippen LogP contribution in [-0.2, 0) is 9.59 Å². The van der Waals surface area contributed by atoms with Crippen molar-refractivity contribution in [2.75, 3.05) is 5.32 Å². The first-order valence-corrected chi connectivity index (χ1v) is 3.58. The van der Waals surface area contributed by atoms with Gasteiger partial charge >= 0.3 is 18.9 Å². The van der Waals surface area contributed by atoms with Crippen molar-refractivity contribution in [3.63, 3.8) is 0 Å². The molecule has 68 valence electrons. The molecule has 0 aliphatic carbocycles. The van der Waals surface area contributed by atoms with E-state index >= 15 is 0 Å². The fourth-order valence-electron chi connectivity index (χ4n) is 0.772. The minimum Gasteiger partial charge on any atom is -0.550 e. The average molecular weight is 186 g/mol. The second-order valence-corrected chi connectivity index (χ2v) is 2.33. The Bertz CT molecular complexity index is 316. The summed E-state index contributed by atoms with van der Waals surface area (Å²) in [4.78, 5) is 24.6. The van der Waals surface area contributed by atoms with Gasteiger partial charge in [-0.15, -0.1) is 0 Å². The molecule has 0 aromatic carbocycles. The van der Waals surface area contributed by atoms with Crippen molar-refractivity contribution >= 4 is 17.6 Å². The van der Waals surface area contributed by atoms with Crippen LogP contribution in [0.3, 0.4) is 0 Å². The molecule has 1 rings (SSSR count). The van der Waals surface area contributed by atoms with E-state index in [1.54, 1.807) is 12.1 Å². The van der Waals surface area contributed by atoms with E-state index in [9.17, 15) is 14.7 Å². The molecular weight excluding hydrogens is 179 g/mol. The molecule has 1 N–H and O–H groups in total.